The first-order valence-electron chi connectivity index (χ1n) is 7.41. The summed E-state index contributed by atoms with van der Waals surface area (Å²) in [6.45, 7) is 2.67. The molecule has 2 rings (SSSR count). The smallest absolute Gasteiger partial charge is 0.335 e. The molecule has 0 amide bonds. The summed E-state index contributed by atoms with van der Waals surface area (Å²) < 4.78 is 16.2. The molecule has 0 bridgehead atoms. The average Bonchev–Trinajstić information content (AvgIpc) is 2.50. The summed E-state index contributed by atoms with van der Waals surface area (Å²) in [6, 6.07) is 7.37. The van der Waals surface area contributed by atoms with Gasteiger partial charge in [-0.2, -0.15) is 0 Å². The van der Waals surface area contributed by atoms with Gasteiger partial charge in [0.2, 0.25) is 0 Å². The molecule has 21 heavy (non-hydrogen) atoms. The van der Waals surface area contributed by atoms with E-state index in [0.717, 1.165) is 24.8 Å². The summed E-state index contributed by atoms with van der Waals surface area (Å²) in [5.74, 6) is 0.0361. The fraction of sp³-hybridized carbons (Fsp3) is 0.562. The lowest BCUT2D eigenvalue weighted by atomic mass is 10.1. The highest BCUT2D eigenvalue weighted by molar-refractivity contribution is 5.74. The Labute approximate surface area is 124 Å². The second-order valence-corrected chi connectivity index (χ2v) is 4.99. The van der Waals surface area contributed by atoms with E-state index >= 15 is 0 Å². The summed E-state index contributed by atoms with van der Waals surface area (Å²) in [5.41, 5.74) is 0.771. The molecule has 2 atom stereocenters. The maximum Gasteiger partial charge on any atom is 0.335 e. The molecule has 1 heterocycles. The van der Waals surface area contributed by atoms with Gasteiger partial charge in [0.25, 0.3) is 0 Å². The third-order valence-electron chi connectivity index (χ3n) is 3.34. The second kappa shape index (κ2) is 8.00. The zero-order valence-electron chi connectivity index (χ0n) is 12.3. The van der Waals surface area contributed by atoms with Gasteiger partial charge < -0.3 is 19.3 Å². The summed E-state index contributed by atoms with van der Waals surface area (Å²) in [5, 5.41) is 9.87. The fourth-order valence-electron chi connectivity index (χ4n) is 2.26. The van der Waals surface area contributed by atoms with E-state index in [1.54, 1.807) is 6.92 Å². The standard InChI is InChI=1S/C16H22O5/c1-2-19-16(18)13(17)11-12-7-3-4-8-14(12)21-15-9-5-6-10-20-15/h3-4,7-8,13,15,17H,2,5-6,9-11H2,1H3/t13-,15-/m1/s1. The minimum Gasteiger partial charge on any atom is -0.465 e. The van der Waals surface area contributed by atoms with Gasteiger partial charge in [0.15, 0.2) is 12.4 Å². The molecular formula is C16H22O5. The highest BCUT2D eigenvalue weighted by atomic mass is 16.7. The lowest BCUT2D eigenvalue weighted by Gasteiger charge is -2.24. The quantitative estimate of drug-likeness (QED) is 0.814. The minimum absolute atomic E-state index is 0.168. The number of para-hydroxylation sites is 1. The van der Waals surface area contributed by atoms with E-state index < -0.39 is 12.1 Å². The zero-order valence-corrected chi connectivity index (χ0v) is 12.3. The Morgan fingerprint density at radius 3 is 2.95 bits per heavy atom. The van der Waals surface area contributed by atoms with Crippen molar-refractivity contribution in [3.8, 4) is 5.75 Å². The zero-order chi connectivity index (χ0) is 15.1. The molecule has 1 saturated heterocycles. The molecule has 0 radical (unpaired) electrons. The molecular weight excluding hydrogens is 272 g/mol. The van der Waals surface area contributed by atoms with Gasteiger partial charge in [-0.15, -0.1) is 0 Å². The largest absolute Gasteiger partial charge is 0.465 e. The molecule has 1 aliphatic heterocycles. The summed E-state index contributed by atoms with van der Waals surface area (Å²) in [4.78, 5) is 11.5. The Balaban J connectivity index is 2.00. The van der Waals surface area contributed by atoms with Crippen molar-refractivity contribution in [3.63, 3.8) is 0 Å². The number of ether oxygens (including phenoxy) is 3. The highest BCUT2D eigenvalue weighted by Gasteiger charge is 2.21. The van der Waals surface area contributed by atoms with E-state index in [0.29, 0.717) is 12.4 Å². The number of benzene rings is 1. The SMILES string of the molecule is CCOC(=O)[C@H](O)Cc1ccccc1O[C@@H]1CCCCO1. The maximum absolute atomic E-state index is 11.5. The number of aliphatic hydroxyl groups is 1. The van der Waals surface area contributed by atoms with Crippen LogP contribution in [0, 0.1) is 0 Å². The van der Waals surface area contributed by atoms with Gasteiger partial charge in [-0.1, -0.05) is 18.2 Å². The molecule has 0 aromatic heterocycles. The van der Waals surface area contributed by atoms with Crippen molar-refractivity contribution in [3.05, 3.63) is 29.8 Å². The van der Waals surface area contributed by atoms with Gasteiger partial charge in [-0.25, -0.2) is 4.79 Å². The second-order valence-electron chi connectivity index (χ2n) is 4.99. The van der Waals surface area contributed by atoms with Crippen molar-refractivity contribution in [2.45, 2.75) is 45.0 Å². The highest BCUT2D eigenvalue weighted by Crippen LogP contribution is 2.24. The Bertz CT molecular complexity index is 454. The summed E-state index contributed by atoms with van der Waals surface area (Å²) >= 11 is 0. The molecule has 1 fully saturated rings. The van der Waals surface area contributed by atoms with Crippen LogP contribution in [0.25, 0.3) is 0 Å². The van der Waals surface area contributed by atoms with Crippen LogP contribution in [0.4, 0.5) is 0 Å². The van der Waals surface area contributed by atoms with Crippen molar-refractivity contribution >= 4 is 5.97 Å². The first kappa shape index (κ1) is 15.8. The molecule has 1 aromatic carbocycles. The number of rotatable bonds is 6. The third kappa shape index (κ3) is 4.72. The molecule has 0 spiro atoms. The van der Waals surface area contributed by atoms with Crippen molar-refractivity contribution in [1.82, 2.24) is 0 Å². The van der Waals surface area contributed by atoms with Crippen molar-refractivity contribution < 1.29 is 24.1 Å². The normalized spacial score (nSPS) is 19.8. The summed E-state index contributed by atoms with van der Waals surface area (Å²) in [7, 11) is 0. The van der Waals surface area contributed by atoms with Crippen LogP contribution >= 0.6 is 0 Å². The van der Waals surface area contributed by atoms with Crippen LogP contribution in [0.5, 0.6) is 5.75 Å². The number of carbonyl (C=O) groups excluding carboxylic acids is 1. The molecule has 0 aliphatic carbocycles. The van der Waals surface area contributed by atoms with Crippen LogP contribution in [-0.2, 0) is 20.7 Å². The van der Waals surface area contributed by atoms with E-state index in [4.69, 9.17) is 14.2 Å². The number of esters is 1. The average molecular weight is 294 g/mol. The van der Waals surface area contributed by atoms with E-state index in [9.17, 15) is 9.90 Å². The first-order chi connectivity index (χ1) is 10.2. The van der Waals surface area contributed by atoms with Gasteiger partial charge in [0.1, 0.15) is 5.75 Å². The number of aliphatic hydroxyl groups excluding tert-OH is 1. The maximum atomic E-state index is 11.5. The predicted octanol–water partition coefficient (Wildman–Crippen LogP) is 2.06. The topological polar surface area (TPSA) is 65.0 Å². The Morgan fingerprint density at radius 2 is 2.24 bits per heavy atom. The summed E-state index contributed by atoms with van der Waals surface area (Å²) in [6.07, 6.45) is 1.74. The lowest BCUT2D eigenvalue weighted by molar-refractivity contribution is -0.152. The minimum atomic E-state index is -1.18. The first-order valence-corrected chi connectivity index (χ1v) is 7.41. The van der Waals surface area contributed by atoms with Crippen LogP contribution in [0.3, 0.4) is 0 Å². The van der Waals surface area contributed by atoms with Crippen LogP contribution in [0.15, 0.2) is 24.3 Å². The van der Waals surface area contributed by atoms with Gasteiger partial charge in [0.05, 0.1) is 13.2 Å². The Kier molecular flexibility index (Phi) is 6.02. The molecule has 1 aliphatic rings. The Morgan fingerprint density at radius 1 is 1.43 bits per heavy atom. The van der Waals surface area contributed by atoms with Crippen LogP contribution in [0.1, 0.15) is 31.7 Å². The number of carbonyl (C=O) groups is 1. The molecule has 0 saturated carbocycles. The van der Waals surface area contributed by atoms with Gasteiger partial charge in [0, 0.05) is 12.8 Å². The van der Waals surface area contributed by atoms with E-state index in [1.807, 2.05) is 24.3 Å². The van der Waals surface area contributed by atoms with Gasteiger partial charge in [-0.3, -0.25) is 0 Å². The van der Waals surface area contributed by atoms with Crippen molar-refractivity contribution in [1.29, 1.82) is 0 Å². The monoisotopic (exact) mass is 294 g/mol. The Hall–Kier alpha value is -1.59. The van der Waals surface area contributed by atoms with Gasteiger partial charge >= 0.3 is 5.97 Å². The molecule has 116 valence electrons. The molecule has 1 aromatic rings. The third-order valence-corrected chi connectivity index (χ3v) is 3.34. The van der Waals surface area contributed by atoms with Crippen molar-refractivity contribution in [2.24, 2.45) is 0 Å². The van der Waals surface area contributed by atoms with E-state index in [2.05, 4.69) is 0 Å². The van der Waals surface area contributed by atoms with E-state index in [-0.39, 0.29) is 19.3 Å². The lowest BCUT2D eigenvalue weighted by Crippen LogP contribution is -2.27. The molecule has 0 unspecified atom stereocenters. The molecule has 1 N–H and O–H groups in total. The van der Waals surface area contributed by atoms with E-state index in [1.165, 1.54) is 0 Å². The molecule has 5 nitrogen and oxygen atoms in total. The predicted molar refractivity (Wildman–Crippen MR) is 77.0 cm³/mol. The van der Waals surface area contributed by atoms with Crippen LogP contribution in [-0.4, -0.2) is 36.7 Å². The van der Waals surface area contributed by atoms with Gasteiger partial charge in [-0.05, 0) is 31.4 Å². The number of hydrogen-bond donors (Lipinski definition) is 1. The van der Waals surface area contributed by atoms with Crippen LogP contribution in [0.2, 0.25) is 0 Å². The van der Waals surface area contributed by atoms with Crippen LogP contribution < -0.4 is 4.74 Å². The number of hydrogen-bond acceptors (Lipinski definition) is 5. The molecule has 5 heteroatoms. The fourth-order valence-corrected chi connectivity index (χ4v) is 2.26. The van der Waals surface area contributed by atoms with Crippen molar-refractivity contribution in [2.75, 3.05) is 13.2 Å².